The number of unbranched alkanes of at least 4 members (excludes halogenated alkanes) is 3. The third-order valence-corrected chi connectivity index (χ3v) is 6.78. The molecule has 0 aliphatic carbocycles. The average Bonchev–Trinajstić information content (AvgIpc) is 2.92. The summed E-state index contributed by atoms with van der Waals surface area (Å²) in [6.07, 6.45) is 5.89. The molecule has 0 spiro atoms. The predicted octanol–water partition coefficient (Wildman–Crippen LogP) is 6.23. The van der Waals surface area contributed by atoms with E-state index in [-0.39, 0.29) is 25.3 Å². The Morgan fingerprint density at radius 1 is 0.900 bits per heavy atom. The number of hydrogen-bond donors (Lipinski definition) is 2. The number of allylic oxidation sites excluding steroid dienone is 1. The second-order valence-corrected chi connectivity index (χ2v) is 9.62. The van der Waals surface area contributed by atoms with E-state index >= 15 is 0 Å². The quantitative estimate of drug-likeness (QED) is 0.424. The number of anilines is 2. The van der Waals surface area contributed by atoms with Gasteiger partial charge in [-0.1, -0.05) is 62.8 Å². The zero-order valence-corrected chi connectivity index (χ0v) is 19.0. The van der Waals surface area contributed by atoms with Gasteiger partial charge >= 0.3 is 14.1 Å². The number of nitrogens with one attached hydrogen (secondary N) is 2. The average molecular weight is 404 g/mol. The van der Waals surface area contributed by atoms with Gasteiger partial charge in [0, 0.05) is 16.8 Å². The Bertz CT molecular complexity index is 885. The summed E-state index contributed by atoms with van der Waals surface area (Å²) in [5.74, 6) is 2.28. The molecule has 2 aromatic rings. The normalized spacial score (nSPS) is 19.7. The number of benzene rings is 2. The van der Waals surface area contributed by atoms with Gasteiger partial charge in [0.1, 0.15) is 0 Å². The van der Waals surface area contributed by atoms with Crippen LogP contribution in [0.4, 0.5) is 11.4 Å². The Balaban J connectivity index is 1.59. The molecule has 30 heavy (non-hydrogen) atoms. The molecule has 4 nitrogen and oxygen atoms in total. The minimum absolute atomic E-state index is 0.00528. The van der Waals surface area contributed by atoms with Gasteiger partial charge in [0.25, 0.3) is 0 Å². The van der Waals surface area contributed by atoms with E-state index in [2.05, 4.69) is 87.4 Å². The summed E-state index contributed by atoms with van der Waals surface area (Å²) in [6, 6.07) is 12.9. The topological polar surface area (TPSA) is 42.5 Å². The van der Waals surface area contributed by atoms with Crippen molar-refractivity contribution in [1.29, 1.82) is 0 Å². The maximum Gasteiger partial charge on any atom is 0.489 e. The fourth-order valence-corrected chi connectivity index (χ4v) is 4.28. The first-order chi connectivity index (χ1) is 14.3. The molecular formula is C24H34B2N2O2. The molecule has 2 aromatic carbocycles. The molecular weight excluding hydrogens is 370 g/mol. The van der Waals surface area contributed by atoms with Gasteiger partial charge in [0.2, 0.25) is 0 Å². The van der Waals surface area contributed by atoms with Crippen LogP contribution in [-0.2, 0) is 9.31 Å². The lowest BCUT2D eigenvalue weighted by atomic mass is 9.64. The van der Waals surface area contributed by atoms with E-state index in [1.54, 1.807) is 0 Å². The van der Waals surface area contributed by atoms with Crippen LogP contribution in [0.1, 0.15) is 66.7 Å². The van der Waals surface area contributed by atoms with Gasteiger partial charge < -0.3 is 19.8 Å². The van der Waals surface area contributed by atoms with Crippen LogP contribution in [0.3, 0.4) is 0 Å². The molecule has 6 heteroatoms. The minimum Gasteiger partial charge on any atom is -0.405 e. The van der Waals surface area contributed by atoms with Crippen LogP contribution in [-0.4, -0.2) is 25.3 Å². The molecule has 0 bridgehead atoms. The lowest BCUT2D eigenvalue weighted by Gasteiger charge is -2.32. The smallest absolute Gasteiger partial charge is 0.405 e. The fraction of sp³-hybridized carbons (Fsp3) is 0.500. The first kappa shape index (κ1) is 21.3. The van der Waals surface area contributed by atoms with Crippen molar-refractivity contribution < 1.29 is 9.31 Å². The summed E-state index contributed by atoms with van der Waals surface area (Å²) in [4.78, 5) is 0. The largest absolute Gasteiger partial charge is 0.489 e. The molecule has 0 saturated carbocycles. The second-order valence-electron chi connectivity index (χ2n) is 9.62. The highest BCUT2D eigenvalue weighted by Crippen LogP contribution is 2.40. The van der Waals surface area contributed by atoms with Gasteiger partial charge in [0.05, 0.1) is 11.2 Å². The Morgan fingerprint density at radius 2 is 1.50 bits per heavy atom. The van der Waals surface area contributed by atoms with Crippen molar-refractivity contribution >= 4 is 36.2 Å². The Morgan fingerprint density at radius 3 is 2.07 bits per heavy atom. The monoisotopic (exact) mass is 404 g/mol. The second kappa shape index (κ2) is 8.32. The van der Waals surface area contributed by atoms with Gasteiger partial charge in [0.15, 0.2) is 0 Å². The van der Waals surface area contributed by atoms with Crippen molar-refractivity contribution in [1.82, 2.24) is 0 Å². The summed E-state index contributed by atoms with van der Waals surface area (Å²) in [6.45, 7) is 10.7. The van der Waals surface area contributed by atoms with Crippen LogP contribution < -0.4 is 10.5 Å². The third kappa shape index (κ3) is 4.13. The predicted molar refractivity (Wildman–Crippen MR) is 130 cm³/mol. The Hall–Kier alpha value is -1.91. The third-order valence-electron chi connectivity index (χ3n) is 6.78. The maximum absolute atomic E-state index is 6.41. The molecule has 0 amide bonds. The van der Waals surface area contributed by atoms with Gasteiger partial charge in [-0.05, 0) is 57.1 Å². The van der Waals surface area contributed by atoms with Crippen LogP contribution in [0.25, 0.3) is 10.8 Å². The van der Waals surface area contributed by atoms with E-state index in [9.17, 15) is 0 Å². The van der Waals surface area contributed by atoms with E-state index in [1.807, 2.05) is 0 Å². The fourth-order valence-electron chi connectivity index (χ4n) is 4.28. The molecule has 0 unspecified atom stereocenters. The van der Waals surface area contributed by atoms with Crippen LogP contribution in [0.2, 0.25) is 0 Å². The lowest BCUT2D eigenvalue weighted by molar-refractivity contribution is 0.00578. The molecule has 0 radical (unpaired) electrons. The van der Waals surface area contributed by atoms with Crippen LogP contribution in [0.5, 0.6) is 0 Å². The zero-order valence-electron chi connectivity index (χ0n) is 19.0. The molecule has 0 atom stereocenters. The van der Waals surface area contributed by atoms with E-state index in [0.717, 1.165) is 12.8 Å². The molecule has 0 aromatic heterocycles. The van der Waals surface area contributed by atoms with E-state index in [0.29, 0.717) is 0 Å². The Kier molecular flexibility index (Phi) is 5.91. The van der Waals surface area contributed by atoms with Crippen LogP contribution in [0.15, 0.2) is 47.8 Å². The highest BCUT2D eigenvalue weighted by atomic mass is 16.7. The van der Waals surface area contributed by atoms with Crippen molar-refractivity contribution in [2.75, 3.05) is 10.5 Å². The minimum atomic E-state index is -0.328. The van der Waals surface area contributed by atoms with Crippen molar-refractivity contribution in [2.24, 2.45) is 0 Å². The summed E-state index contributed by atoms with van der Waals surface area (Å²) < 4.78 is 12.8. The van der Waals surface area contributed by atoms with Crippen molar-refractivity contribution in [3.8, 4) is 0 Å². The van der Waals surface area contributed by atoms with Crippen LogP contribution >= 0.6 is 0 Å². The maximum atomic E-state index is 6.41. The number of hydrogen-bond acceptors (Lipinski definition) is 4. The molecule has 4 rings (SSSR count). The van der Waals surface area contributed by atoms with Gasteiger partial charge in [-0.3, -0.25) is 0 Å². The highest BCUT2D eigenvalue weighted by molar-refractivity contribution is 6.74. The van der Waals surface area contributed by atoms with Gasteiger partial charge in [-0.2, -0.15) is 0 Å². The first-order valence-electron chi connectivity index (χ1n) is 11.4. The molecule has 2 N–H and O–H groups in total. The molecule has 2 aliphatic rings. The SMILES string of the molecule is CCCCCC/C(=C/B1Nc2cccc3cccc(c23)N1)B1OC(C)(C)C(C)(C)O1. The summed E-state index contributed by atoms with van der Waals surface area (Å²) in [7, 11) is -0.298. The standard InChI is InChI=1S/C24H34B2N2O2/c1-6-7-8-9-14-19(26-29-23(2,3)24(4,5)30-26)17-25-27-20-15-10-12-18-13-11-16-21(28-25)22(18)20/h10-13,15-17,27-28H,6-9,14H2,1-5H3/b19-17-. The lowest BCUT2D eigenvalue weighted by Crippen LogP contribution is -2.41. The zero-order chi connectivity index (χ0) is 21.4. The molecule has 1 fully saturated rings. The first-order valence-corrected chi connectivity index (χ1v) is 11.4. The van der Waals surface area contributed by atoms with Gasteiger partial charge in [-0.25, -0.2) is 0 Å². The van der Waals surface area contributed by atoms with Crippen molar-refractivity contribution in [3.05, 3.63) is 47.8 Å². The molecule has 2 aliphatic heterocycles. The van der Waals surface area contributed by atoms with E-state index < -0.39 is 0 Å². The van der Waals surface area contributed by atoms with Crippen LogP contribution in [0, 0.1) is 0 Å². The van der Waals surface area contributed by atoms with E-state index in [1.165, 1.54) is 46.9 Å². The Labute approximate surface area is 182 Å². The van der Waals surface area contributed by atoms with Crippen molar-refractivity contribution in [2.45, 2.75) is 77.9 Å². The summed E-state index contributed by atoms with van der Waals surface area (Å²) in [5.41, 5.74) is 2.91. The van der Waals surface area contributed by atoms with E-state index in [4.69, 9.17) is 9.31 Å². The summed E-state index contributed by atoms with van der Waals surface area (Å²) >= 11 is 0. The number of rotatable bonds is 7. The molecule has 2 heterocycles. The van der Waals surface area contributed by atoms with Gasteiger partial charge in [-0.15, -0.1) is 0 Å². The van der Waals surface area contributed by atoms with Crippen molar-refractivity contribution in [3.63, 3.8) is 0 Å². The molecule has 1 saturated heterocycles. The summed E-state index contributed by atoms with van der Waals surface area (Å²) in [5, 5.41) is 9.82. The highest BCUT2D eigenvalue weighted by Gasteiger charge is 2.52. The molecule has 158 valence electrons.